The highest BCUT2D eigenvalue weighted by atomic mass is 16.5. The van der Waals surface area contributed by atoms with E-state index in [1.165, 1.54) is 0 Å². The Bertz CT molecular complexity index is 207. The van der Waals surface area contributed by atoms with Gasteiger partial charge in [-0.05, 0) is 46.6 Å². The van der Waals surface area contributed by atoms with Crippen molar-refractivity contribution in [1.29, 1.82) is 0 Å². The Morgan fingerprint density at radius 1 is 1.50 bits per heavy atom. The molecule has 0 radical (unpaired) electrons. The Morgan fingerprint density at radius 2 is 2.12 bits per heavy atom. The highest BCUT2D eigenvalue weighted by Crippen LogP contribution is 2.12. The quantitative estimate of drug-likeness (QED) is 0.589. The largest absolute Gasteiger partial charge is 0.379 e. The zero-order valence-corrected chi connectivity index (χ0v) is 11.0. The molecule has 0 aromatic rings. The zero-order chi connectivity index (χ0) is 12.6. The first-order chi connectivity index (χ1) is 7.42. The molecule has 4 nitrogen and oxygen atoms in total. The second-order valence-corrected chi connectivity index (χ2v) is 4.65. The monoisotopic (exact) mass is 230 g/mol. The molecule has 0 heterocycles. The van der Waals surface area contributed by atoms with Crippen LogP contribution >= 0.6 is 0 Å². The van der Waals surface area contributed by atoms with Crippen LogP contribution in [0.5, 0.6) is 0 Å². The van der Waals surface area contributed by atoms with Crippen LogP contribution in [-0.4, -0.2) is 30.7 Å². The Morgan fingerprint density at radius 3 is 2.56 bits per heavy atom. The highest BCUT2D eigenvalue weighted by molar-refractivity contribution is 5.84. The number of amides is 1. The lowest BCUT2D eigenvalue weighted by atomic mass is 9.95. The number of nitrogens with two attached hydrogens (primary N) is 1. The molecule has 0 spiro atoms. The summed E-state index contributed by atoms with van der Waals surface area (Å²) < 4.78 is 5.44. The Labute approximate surface area is 98.9 Å². The number of hydrogen-bond acceptors (Lipinski definition) is 3. The molecule has 0 rings (SSSR count). The van der Waals surface area contributed by atoms with Crippen molar-refractivity contribution in [2.75, 3.05) is 13.2 Å². The first-order valence-electron chi connectivity index (χ1n) is 6.09. The van der Waals surface area contributed by atoms with E-state index in [-0.39, 0.29) is 12.0 Å². The van der Waals surface area contributed by atoms with Crippen LogP contribution in [0.25, 0.3) is 0 Å². The predicted molar refractivity (Wildman–Crippen MR) is 66.2 cm³/mol. The van der Waals surface area contributed by atoms with Crippen molar-refractivity contribution in [2.24, 2.45) is 5.73 Å². The van der Waals surface area contributed by atoms with E-state index < -0.39 is 5.54 Å². The molecule has 0 saturated carbocycles. The molecular formula is C12H26N2O2. The Kier molecular flexibility index (Phi) is 7.34. The van der Waals surface area contributed by atoms with Crippen LogP contribution in [0.3, 0.4) is 0 Å². The number of rotatable bonds is 9. The fourth-order valence-electron chi connectivity index (χ4n) is 1.44. The fourth-order valence-corrected chi connectivity index (χ4v) is 1.44. The molecular weight excluding hydrogens is 204 g/mol. The molecule has 16 heavy (non-hydrogen) atoms. The van der Waals surface area contributed by atoms with Gasteiger partial charge in [0.1, 0.15) is 0 Å². The van der Waals surface area contributed by atoms with Gasteiger partial charge in [-0.2, -0.15) is 0 Å². The molecule has 1 atom stereocenters. The van der Waals surface area contributed by atoms with E-state index in [4.69, 9.17) is 10.5 Å². The van der Waals surface area contributed by atoms with E-state index in [2.05, 4.69) is 12.2 Å². The SMILES string of the molecule is CCCNC(C)(CCCOC(C)C)C(N)=O. The van der Waals surface area contributed by atoms with Crippen LogP contribution in [0.1, 0.15) is 47.0 Å². The van der Waals surface area contributed by atoms with Gasteiger partial charge in [0.25, 0.3) is 0 Å². The predicted octanol–water partition coefficient (Wildman–Crippen LogP) is 1.44. The molecule has 0 aliphatic heterocycles. The molecule has 4 heteroatoms. The fraction of sp³-hybridized carbons (Fsp3) is 0.917. The van der Waals surface area contributed by atoms with Gasteiger partial charge in [-0.1, -0.05) is 6.92 Å². The highest BCUT2D eigenvalue weighted by Gasteiger charge is 2.29. The van der Waals surface area contributed by atoms with Crippen molar-refractivity contribution < 1.29 is 9.53 Å². The van der Waals surface area contributed by atoms with Gasteiger partial charge in [-0.15, -0.1) is 0 Å². The third kappa shape index (κ3) is 6.08. The smallest absolute Gasteiger partial charge is 0.237 e. The second-order valence-electron chi connectivity index (χ2n) is 4.65. The van der Waals surface area contributed by atoms with Gasteiger partial charge in [0.15, 0.2) is 0 Å². The topological polar surface area (TPSA) is 64.3 Å². The molecule has 0 aliphatic rings. The van der Waals surface area contributed by atoms with Gasteiger partial charge in [0.05, 0.1) is 11.6 Å². The van der Waals surface area contributed by atoms with Crippen LogP contribution in [-0.2, 0) is 9.53 Å². The first-order valence-corrected chi connectivity index (χ1v) is 6.09. The molecule has 3 N–H and O–H groups in total. The Hall–Kier alpha value is -0.610. The third-order valence-corrected chi connectivity index (χ3v) is 2.58. The van der Waals surface area contributed by atoms with Crippen LogP contribution in [0.15, 0.2) is 0 Å². The van der Waals surface area contributed by atoms with E-state index >= 15 is 0 Å². The van der Waals surface area contributed by atoms with Crippen LogP contribution < -0.4 is 11.1 Å². The summed E-state index contributed by atoms with van der Waals surface area (Å²) >= 11 is 0. The molecule has 1 amide bonds. The molecule has 0 fully saturated rings. The summed E-state index contributed by atoms with van der Waals surface area (Å²) in [4.78, 5) is 11.4. The van der Waals surface area contributed by atoms with E-state index in [9.17, 15) is 4.79 Å². The zero-order valence-electron chi connectivity index (χ0n) is 11.0. The van der Waals surface area contributed by atoms with Gasteiger partial charge in [0.2, 0.25) is 5.91 Å². The average molecular weight is 230 g/mol. The van der Waals surface area contributed by atoms with Crippen molar-refractivity contribution in [3.8, 4) is 0 Å². The summed E-state index contributed by atoms with van der Waals surface area (Å²) in [6, 6.07) is 0. The summed E-state index contributed by atoms with van der Waals surface area (Å²) in [5, 5.41) is 3.20. The number of hydrogen-bond donors (Lipinski definition) is 2. The maximum atomic E-state index is 11.4. The standard InChI is InChI=1S/C12H26N2O2/c1-5-8-14-12(4,11(13)15)7-6-9-16-10(2)3/h10,14H,5-9H2,1-4H3,(H2,13,15). The molecule has 0 aromatic heterocycles. The van der Waals surface area contributed by atoms with Crippen molar-refractivity contribution in [1.82, 2.24) is 5.32 Å². The molecule has 0 bridgehead atoms. The lowest BCUT2D eigenvalue weighted by molar-refractivity contribution is -0.124. The minimum absolute atomic E-state index is 0.239. The second kappa shape index (κ2) is 7.63. The lowest BCUT2D eigenvalue weighted by Gasteiger charge is -2.27. The lowest BCUT2D eigenvalue weighted by Crippen LogP contribution is -2.53. The minimum Gasteiger partial charge on any atom is -0.379 e. The van der Waals surface area contributed by atoms with Crippen molar-refractivity contribution in [2.45, 2.75) is 58.6 Å². The van der Waals surface area contributed by atoms with Gasteiger partial charge in [-0.25, -0.2) is 0 Å². The number of nitrogens with one attached hydrogen (secondary N) is 1. The number of primary amides is 1. The van der Waals surface area contributed by atoms with E-state index in [0.29, 0.717) is 6.61 Å². The molecule has 96 valence electrons. The number of ether oxygens (including phenoxy) is 1. The Balaban J connectivity index is 3.98. The van der Waals surface area contributed by atoms with Crippen LogP contribution in [0.2, 0.25) is 0 Å². The minimum atomic E-state index is -0.601. The normalized spacial score (nSPS) is 15.1. The summed E-state index contributed by atoms with van der Waals surface area (Å²) in [6.07, 6.45) is 2.79. The van der Waals surface area contributed by atoms with Gasteiger partial charge in [-0.3, -0.25) is 4.79 Å². The number of carbonyl (C=O) groups is 1. The summed E-state index contributed by atoms with van der Waals surface area (Å²) in [6.45, 7) is 9.42. The average Bonchev–Trinajstić information content (AvgIpc) is 2.21. The van der Waals surface area contributed by atoms with E-state index in [1.807, 2.05) is 20.8 Å². The van der Waals surface area contributed by atoms with Crippen LogP contribution in [0.4, 0.5) is 0 Å². The summed E-state index contributed by atoms with van der Waals surface area (Å²) in [7, 11) is 0. The van der Waals surface area contributed by atoms with E-state index in [1.54, 1.807) is 0 Å². The van der Waals surface area contributed by atoms with Gasteiger partial charge < -0.3 is 15.8 Å². The van der Waals surface area contributed by atoms with Crippen molar-refractivity contribution in [3.05, 3.63) is 0 Å². The van der Waals surface area contributed by atoms with Gasteiger partial charge in [0, 0.05) is 6.61 Å². The first kappa shape index (κ1) is 15.4. The van der Waals surface area contributed by atoms with Crippen LogP contribution in [0, 0.1) is 0 Å². The molecule has 0 aliphatic carbocycles. The summed E-state index contributed by atoms with van der Waals surface area (Å²) in [5.41, 5.74) is 4.81. The van der Waals surface area contributed by atoms with Crippen molar-refractivity contribution in [3.63, 3.8) is 0 Å². The maximum Gasteiger partial charge on any atom is 0.237 e. The molecule has 0 aromatic carbocycles. The van der Waals surface area contributed by atoms with Gasteiger partial charge >= 0.3 is 0 Å². The summed E-state index contributed by atoms with van der Waals surface area (Å²) in [5.74, 6) is -0.287. The van der Waals surface area contributed by atoms with Crippen molar-refractivity contribution >= 4 is 5.91 Å². The number of carbonyl (C=O) groups excluding carboxylic acids is 1. The maximum absolute atomic E-state index is 11.4. The molecule has 0 saturated heterocycles. The van der Waals surface area contributed by atoms with E-state index in [0.717, 1.165) is 25.8 Å². The third-order valence-electron chi connectivity index (χ3n) is 2.58. The molecule has 1 unspecified atom stereocenters.